The molecule has 1 aromatic rings. The number of aryl methyl sites for hydroxylation is 1. The van der Waals surface area contributed by atoms with Gasteiger partial charge in [0.05, 0.1) is 5.56 Å². The van der Waals surface area contributed by atoms with Crippen molar-refractivity contribution in [2.45, 2.75) is 51.7 Å². The molecule has 1 aliphatic heterocycles. The molecule has 0 aromatic heterocycles. The molecule has 0 bridgehead atoms. The summed E-state index contributed by atoms with van der Waals surface area (Å²) >= 11 is 0. The number of benzene rings is 1. The molecule has 1 atom stereocenters. The van der Waals surface area contributed by atoms with Crippen molar-refractivity contribution in [1.29, 1.82) is 0 Å². The van der Waals surface area contributed by atoms with Gasteiger partial charge >= 0.3 is 6.18 Å². The van der Waals surface area contributed by atoms with Gasteiger partial charge in [-0.25, -0.2) is 0 Å². The highest BCUT2D eigenvalue weighted by Gasteiger charge is 2.30. The van der Waals surface area contributed by atoms with Gasteiger partial charge in [-0.1, -0.05) is 31.5 Å². The van der Waals surface area contributed by atoms with Gasteiger partial charge in [0, 0.05) is 6.04 Å². The van der Waals surface area contributed by atoms with Crippen molar-refractivity contribution in [2.75, 3.05) is 6.54 Å². The fourth-order valence-corrected chi connectivity index (χ4v) is 1.99. The Bertz CT molecular complexity index is 368. The van der Waals surface area contributed by atoms with Crippen molar-refractivity contribution in [3.8, 4) is 0 Å². The Morgan fingerprint density at radius 2 is 2.00 bits per heavy atom. The minimum atomic E-state index is -4.22. The minimum absolute atomic E-state index is 0.568. The first-order valence-corrected chi connectivity index (χ1v) is 6.83. The van der Waals surface area contributed by atoms with Crippen LogP contribution in [0.25, 0.3) is 0 Å². The van der Waals surface area contributed by atoms with E-state index in [0.29, 0.717) is 12.0 Å². The Kier molecular flexibility index (Phi) is 6.35. The summed E-state index contributed by atoms with van der Waals surface area (Å²) in [5.41, 5.74) is 0.145. The predicted molar refractivity (Wildman–Crippen MR) is 72.1 cm³/mol. The maximum atomic E-state index is 12.1. The molecule has 4 heteroatoms. The molecule has 1 aliphatic rings. The smallest absolute Gasteiger partial charge is 0.314 e. The standard InChI is InChI=1S/C9H9F3.C6H13N/c1-2-7-4-3-5-8(6-7)9(10,11)12;1-6-4-2-3-5-7-6/h3-6H,2H2,1H3;6-7H,2-5H2,1H3/t;6-/m.1/s1. The molecule has 19 heavy (non-hydrogen) atoms. The van der Waals surface area contributed by atoms with Crippen LogP contribution in [0.4, 0.5) is 13.2 Å². The zero-order valence-corrected chi connectivity index (χ0v) is 11.6. The lowest BCUT2D eigenvalue weighted by atomic mass is 10.1. The molecule has 1 fully saturated rings. The number of rotatable bonds is 1. The summed E-state index contributed by atoms with van der Waals surface area (Å²) in [4.78, 5) is 0. The highest BCUT2D eigenvalue weighted by Crippen LogP contribution is 2.29. The molecular weight excluding hydrogens is 251 g/mol. The van der Waals surface area contributed by atoms with Gasteiger partial charge in [-0.15, -0.1) is 0 Å². The molecule has 0 saturated carbocycles. The van der Waals surface area contributed by atoms with Crippen molar-refractivity contribution in [2.24, 2.45) is 0 Å². The van der Waals surface area contributed by atoms with Gasteiger partial charge in [0.15, 0.2) is 0 Å². The van der Waals surface area contributed by atoms with Crippen LogP contribution in [0, 0.1) is 0 Å². The van der Waals surface area contributed by atoms with E-state index in [0.717, 1.165) is 12.1 Å². The van der Waals surface area contributed by atoms with Gasteiger partial charge < -0.3 is 5.32 Å². The summed E-state index contributed by atoms with van der Waals surface area (Å²) in [5.74, 6) is 0. The van der Waals surface area contributed by atoms with Crippen LogP contribution in [0.15, 0.2) is 24.3 Å². The van der Waals surface area contributed by atoms with Crippen LogP contribution in [-0.4, -0.2) is 12.6 Å². The largest absolute Gasteiger partial charge is 0.416 e. The number of hydrogen-bond acceptors (Lipinski definition) is 1. The van der Waals surface area contributed by atoms with Crippen LogP contribution in [-0.2, 0) is 12.6 Å². The zero-order chi connectivity index (χ0) is 14.3. The summed E-state index contributed by atoms with van der Waals surface area (Å²) < 4.78 is 36.3. The van der Waals surface area contributed by atoms with E-state index >= 15 is 0 Å². The highest BCUT2D eigenvalue weighted by atomic mass is 19.4. The lowest BCUT2D eigenvalue weighted by Crippen LogP contribution is -2.30. The Morgan fingerprint density at radius 1 is 1.26 bits per heavy atom. The summed E-state index contributed by atoms with van der Waals surface area (Å²) in [6.07, 6.45) is 0.591. The molecule has 1 nitrogen and oxygen atoms in total. The summed E-state index contributed by atoms with van der Waals surface area (Å²) in [6.45, 7) is 5.32. The number of alkyl halides is 3. The topological polar surface area (TPSA) is 12.0 Å². The normalized spacial score (nSPS) is 19.5. The van der Waals surface area contributed by atoms with Gasteiger partial charge in [0.2, 0.25) is 0 Å². The van der Waals surface area contributed by atoms with E-state index in [1.54, 1.807) is 6.07 Å². The van der Waals surface area contributed by atoms with Crippen LogP contribution in [0.5, 0.6) is 0 Å². The SMILES string of the molecule is CCc1cccc(C(F)(F)F)c1.C[C@@H]1CCCCN1. The number of piperidine rings is 1. The second-order valence-corrected chi connectivity index (χ2v) is 4.90. The third-order valence-corrected chi connectivity index (χ3v) is 3.22. The van der Waals surface area contributed by atoms with Crippen molar-refractivity contribution in [1.82, 2.24) is 5.32 Å². The number of hydrogen-bond donors (Lipinski definition) is 1. The number of halogens is 3. The molecule has 1 heterocycles. The van der Waals surface area contributed by atoms with Crippen molar-refractivity contribution in [3.05, 3.63) is 35.4 Å². The van der Waals surface area contributed by atoms with Gasteiger partial charge in [-0.3, -0.25) is 0 Å². The molecule has 1 N–H and O–H groups in total. The maximum absolute atomic E-state index is 12.1. The fourth-order valence-electron chi connectivity index (χ4n) is 1.99. The quantitative estimate of drug-likeness (QED) is 0.799. The van der Waals surface area contributed by atoms with E-state index in [1.165, 1.54) is 37.9 Å². The van der Waals surface area contributed by atoms with E-state index in [-0.39, 0.29) is 0 Å². The van der Waals surface area contributed by atoms with Gasteiger partial charge in [0.1, 0.15) is 0 Å². The molecule has 0 radical (unpaired) electrons. The average Bonchev–Trinajstić information content (AvgIpc) is 2.39. The van der Waals surface area contributed by atoms with Crippen molar-refractivity contribution >= 4 is 0 Å². The Labute approximate surface area is 113 Å². The van der Waals surface area contributed by atoms with Crippen molar-refractivity contribution < 1.29 is 13.2 Å². The van der Waals surface area contributed by atoms with E-state index in [1.807, 2.05) is 6.92 Å². The first kappa shape index (κ1) is 16.0. The van der Waals surface area contributed by atoms with E-state index in [2.05, 4.69) is 12.2 Å². The van der Waals surface area contributed by atoms with Crippen LogP contribution in [0.1, 0.15) is 44.2 Å². The van der Waals surface area contributed by atoms with Crippen LogP contribution < -0.4 is 5.32 Å². The Balaban J connectivity index is 0.000000218. The predicted octanol–water partition coefficient (Wildman–Crippen LogP) is 4.42. The lowest BCUT2D eigenvalue weighted by Gasteiger charge is -2.18. The molecule has 0 unspecified atom stereocenters. The zero-order valence-electron chi connectivity index (χ0n) is 11.6. The monoisotopic (exact) mass is 273 g/mol. The van der Waals surface area contributed by atoms with Crippen LogP contribution in [0.2, 0.25) is 0 Å². The molecule has 0 aliphatic carbocycles. The average molecular weight is 273 g/mol. The molecule has 108 valence electrons. The van der Waals surface area contributed by atoms with E-state index in [9.17, 15) is 13.2 Å². The summed E-state index contributed by atoms with van der Waals surface area (Å²) in [6, 6.07) is 6.17. The van der Waals surface area contributed by atoms with Gasteiger partial charge in [-0.05, 0) is 44.4 Å². The maximum Gasteiger partial charge on any atom is 0.416 e. The first-order chi connectivity index (χ1) is 8.93. The second-order valence-electron chi connectivity index (χ2n) is 4.90. The molecular formula is C15H22F3N. The summed E-state index contributed by atoms with van der Waals surface area (Å²) in [7, 11) is 0. The molecule has 0 spiro atoms. The molecule has 1 aromatic carbocycles. The highest BCUT2D eigenvalue weighted by molar-refractivity contribution is 5.25. The summed E-state index contributed by atoms with van der Waals surface area (Å²) in [5, 5.41) is 3.38. The van der Waals surface area contributed by atoms with E-state index < -0.39 is 11.7 Å². The second kappa shape index (κ2) is 7.53. The Hall–Kier alpha value is -1.03. The van der Waals surface area contributed by atoms with Gasteiger partial charge in [0.25, 0.3) is 0 Å². The van der Waals surface area contributed by atoms with Gasteiger partial charge in [-0.2, -0.15) is 13.2 Å². The lowest BCUT2D eigenvalue weighted by molar-refractivity contribution is -0.137. The molecule has 0 amide bonds. The van der Waals surface area contributed by atoms with E-state index in [4.69, 9.17) is 0 Å². The Morgan fingerprint density at radius 3 is 2.42 bits per heavy atom. The fraction of sp³-hybridized carbons (Fsp3) is 0.600. The third kappa shape index (κ3) is 6.10. The number of nitrogens with one attached hydrogen (secondary N) is 1. The minimum Gasteiger partial charge on any atom is -0.314 e. The third-order valence-electron chi connectivity index (χ3n) is 3.22. The van der Waals surface area contributed by atoms with Crippen LogP contribution in [0.3, 0.4) is 0 Å². The van der Waals surface area contributed by atoms with Crippen molar-refractivity contribution in [3.63, 3.8) is 0 Å². The molecule has 2 rings (SSSR count). The first-order valence-electron chi connectivity index (χ1n) is 6.83. The molecule has 1 saturated heterocycles. The van der Waals surface area contributed by atoms with Crippen LogP contribution >= 0.6 is 0 Å².